The first kappa shape index (κ1) is 9.46. The van der Waals surface area contributed by atoms with Gasteiger partial charge in [0.15, 0.2) is 0 Å². The molecule has 3 nitrogen and oxygen atoms in total. The maximum atomic E-state index is 4.31. The van der Waals surface area contributed by atoms with Crippen molar-refractivity contribution in [2.24, 2.45) is 4.99 Å². The van der Waals surface area contributed by atoms with Gasteiger partial charge in [-0.05, 0) is 19.1 Å². The second-order valence-electron chi connectivity index (χ2n) is 3.72. The molecule has 1 N–H and O–H groups in total. The van der Waals surface area contributed by atoms with Crippen molar-refractivity contribution < 1.29 is 0 Å². The Morgan fingerprint density at radius 2 is 2.07 bits per heavy atom. The first-order valence-electron chi connectivity index (χ1n) is 5.22. The van der Waals surface area contributed by atoms with E-state index in [1.807, 2.05) is 13.1 Å². The normalized spacial score (nSPS) is 22.8. The van der Waals surface area contributed by atoms with Crippen LogP contribution in [0.15, 0.2) is 28.5 Å². The van der Waals surface area contributed by atoms with Gasteiger partial charge >= 0.3 is 0 Å². The molecule has 0 bridgehead atoms. The van der Waals surface area contributed by atoms with Crippen LogP contribution in [0.2, 0.25) is 0 Å². The molecule has 2 aliphatic rings. The Hall–Kier alpha value is -1.09. The lowest BCUT2D eigenvalue weighted by molar-refractivity contribution is 0.297. The molecule has 76 valence electrons. The van der Waals surface area contributed by atoms with E-state index in [0.717, 1.165) is 38.3 Å². The van der Waals surface area contributed by atoms with E-state index in [9.17, 15) is 0 Å². The Balaban J connectivity index is 2.06. The number of aliphatic imine (C=N–C) groups is 1. The fourth-order valence-electron chi connectivity index (χ4n) is 1.80. The molecule has 0 unspecified atom stereocenters. The highest BCUT2D eigenvalue weighted by Gasteiger charge is 2.12. The smallest absolute Gasteiger partial charge is 0.0369 e. The van der Waals surface area contributed by atoms with Gasteiger partial charge in [0.05, 0.1) is 0 Å². The Morgan fingerprint density at radius 3 is 2.86 bits per heavy atom. The first-order chi connectivity index (χ1) is 6.86. The minimum Gasteiger partial charge on any atom is -0.372 e. The number of hydrogen-bond donors (Lipinski definition) is 1. The topological polar surface area (TPSA) is 27.6 Å². The molecule has 0 atom stereocenters. The Morgan fingerprint density at radius 1 is 1.29 bits per heavy atom. The van der Waals surface area contributed by atoms with Crippen molar-refractivity contribution in [2.45, 2.75) is 13.3 Å². The van der Waals surface area contributed by atoms with Gasteiger partial charge in [0.2, 0.25) is 0 Å². The molecule has 0 aliphatic carbocycles. The maximum absolute atomic E-state index is 4.31. The predicted octanol–water partition coefficient (Wildman–Crippen LogP) is 1.15. The van der Waals surface area contributed by atoms with Gasteiger partial charge < -0.3 is 10.2 Å². The quantitative estimate of drug-likeness (QED) is 0.673. The van der Waals surface area contributed by atoms with Crippen molar-refractivity contribution >= 4 is 6.21 Å². The van der Waals surface area contributed by atoms with Crippen LogP contribution in [0, 0.1) is 0 Å². The highest BCUT2D eigenvalue weighted by molar-refractivity contribution is 5.63. The largest absolute Gasteiger partial charge is 0.372 e. The third kappa shape index (κ3) is 2.23. The minimum atomic E-state index is 0.966. The zero-order chi connectivity index (χ0) is 9.80. The van der Waals surface area contributed by atoms with E-state index in [1.54, 1.807) is 0 Å². The van der Waals surface area contributed by atoms with Crippen molar-refractivity contribution in [1.29, 1.82) is 0 Å². The average molecular weight is 191 g/mol. The summed E-state index contributed by atoms with van der Waals surface area (Å²) in [5, 5.41) is 3.36. The third-order valence-electron chi connectivity index (χ3n) is 2.64. The molecule has 2 aliphatic heterocycles. The lowest BCUT2D eigenvalue weighted by Gasteiger charge is -2.30. The lowest BCUT2D eigenvalue weighted by atomic mass is 10.2. The van der Waals surface area contributed by atoms with Crippen LogP contribution in [-0.4, -0.2) is 37.3 Å². The molecule has 0 aromatic carbocycles. The summed E-state index contributed by atoms with van der Waals surface area (Å²) in [6.07, 6.45) is 7.27. The highest BCUT2D eigenvalue weighted by atomic mass is 15.2. The lowest BCUT2D eigenvalue weighted by Crippen LogP contribution is -2.42. The highest BCUT2D eigenvalue weighted by Crippen LogP contribution is 2.13. The second-order valence-corrected chi connectivity index (χ2v) is 3.72. The number of hydrogen-bond acceptors (Lipinski definition) is 3. The van der Waals surface area contributed by atoms with Gasteiger partial charge in [0.1, 0.15) is 0 Å². The third-order valence-corrected chi connectivity index (χ3v) is 2.64. The Kier molecular flexibility index (Phi) is 2.99. The predicted molar refractivity (Wildman–Crippen MR) is 59.4 cm³/mol. The van der Waals surface area contributed by atoms with Crippen LogP contribution in [0.5, 0.6) is 0 Å². The maximum Gasteiger partial charge on any atom is 0.0369 e. The van der Waals surface area contributed by atoms with Gasteiger partial charge in [-0.2, -0.15) is 0 Å². The summed E-state index contributed by atoms with van der Waals surface area (Å²) >= 11 is 0. The first-order valence-corrected chi connectivity index (χ1v) is 5.22. The summed E-state index contributed by atoms with van der Waals surface area (Å²) in [6.45, 7) is 6.46. The molecule has 3 heteroatoms. The summed E-state index contributed by atoms with van der Waals surface area (Å²) in [7, 11) is 0. The van der Waals surface area contributed by atoms with Gasteiger partial charge in [-0.3, -0.25) is 4.99 Å². The van der Waals surface area contributed by atoms with Gasteiger partial charge in [-0.1, -0.05) is 0 Å². The molecule has 0 amide bonds. The van der Waals surface area contributed by atoms with Crippen LogP contribution in [0.3, 0.4) is 0 Å². The molecule has 0 aromatic rings. The van der Waals surface area contributed by atoms with E-state index in [0.29, 0.717) is 0 Å². The SMILES string of the molecule is CC1=CC=C(N2CCNCC2)CC=N1. The van der Waals surface area contributed by atoms with Crippen LogP contribution in [0.1, 0.15) is 13.3 Å². The molecule has 2 heterocycles. The molecule has 14 heavy (non-hydrogen) atoms. The van der Waals surface area contributed by atoms with Crippen LogP contribution >= 0.6 is 0 Å². The summed E-state index contributed by atoms with van der Waals surface area (Å²) in [4.78, 5) is 6.75. The molecule has 0 spiro atoms. The van der Waals surface area contributed by atoms with Crippen LogP contribution in [-0.2, 0) is 0 Å². The number of nitrogens with one attached hydrogen (secondary N) is 1. The van der Waals surface area contributed by atoms with Gasteiger partial charge in [0.25, 0.3) is 0 Å². The van der Waals surface area contributed by atoms with Gasteiger partial charge in [-0.15, -0.1) is 0 Å². The second kappa shape index (κ2) is 4.42. The van der Waals surface area contributed by atoms with Crippen molar-refractivity contribution in [3.05, 3.63) is 23.5 Å². The van der Waals surface area contributed by atoms with Crippen LogP contribution in [0.4, 0.5) is 0 Å². The molecular weight excluding hydrogens is 174 g/mol. The summed E-state index contributed by atoms with van der Waals surface area (Å²) in [5.74, 6) is 0. The number of allylic oxidation sites excluding steroid dienone is 4. The zero-order valence-electron chi connectivity index (χ0n) is 8.66. The summed E-state index contributed by atoms with van der Waals surface area (Å²) in [6, 6.07) is 0. The number of nitrogens with zero attached hydrogens (tertiary/aromatic N) is 2. The zero-order valence-corrected chi connectivity index (χ0v) is 8.66. The van der Waals surface area contributed by atoms with Crippen LogP contribution in [0.25, 0.3) is 0 Å². The van der Waals surface area contributed by atoms with Gasteiger partial charge in [0, 0.05) is 50.2 Å². The van der Waals surface area contributed by atoms with E-state index in [1.165, 1.54) is 5.70 Å². The molecule has 1 fully saturated rings. The minimum absolute atomic E-state index is 0.966. The number of piperazine rings is 1. The standard InChI is InChI=1S/C11H17N3/c1-10-2-3-11(4-5-13-10)14-8-6-12-7-9-14/h2-3,5,12H,4,6-9H2,1H3. The fraction of sp³-hybridized carbons (Fsp3) is 0.545. The van der Waals surface area contributed by atoms with E-state index < -0.39 is 0 Å². The molecule has 1 saturated heterocycles. The summed E-state index contributed by atoms with van der Waals surface area (Å²) in [5.41, 5.74) is 2.49. The van der Waals surface area contributed by atoms with E-state index in [4.69, 9.17) is 0 Å². The van der Waals surface area contributed by atoms with Crippen LogP contribution < -0.4 is 5.32 Å². The molecule has 0 saturated carbocycles. The van der Waals surface area contributed by atoms with E-state index in [2.05, 4.69) is 27.4 Å². The monoisotopic (exact) mass is 191 g/mol. The number of rotatable bonds is 1. The van der Waals surface area contributed by atoms with Crippen molar-refractivity contribution in [1.82, 2.24) is 10.2 Å². The van der Waals surface area contributed by atoms with Gasteiger partial charge in [-0.25, -0.2) is 0 Å². The fourth-order valence-corrected chi connectivity index (χ4v) is 1.80. The Labute approximate surface area is 85.2 Å². The molecule has 2 rings (SSSR count). The van der Waals surface area contributed by atoms with Crippen molar-refractivity contribution in [2.75, 3.05) is 26.2 Å². The molecule has 0 radical (unpaired) electrons. The van der Waals surface area contributed by atoms with Crippen molar-refractivity contribution in [3.63, 3.8) is 0 Å². The van der Waals surface area contributed by atoms with E-state index >= 15 is 0 Å². The summed E-state index contributed by atoms with van der Waals surface area (Å²) < 4.78 is 0. The van der Waals surface area contributed by atoms with E-state index in [-0.39, 0.29) is 0 Å². The van der Waals surface area contributed by atoms with Crippen molar-refractivity contribution in [3.8, 4) is 0 Å². The molecular formula is C11H17N3. The Bertz CT molecular complexity index is 283. The average Bonchev–Trinajstić information content (AvgIpc) is 2.44. The molecule has 0 aromatic heterocycles.